The molecule has 2 aromatic rings. The summed E-state index contributed by atoms with van der Waals surface area (Å²) in [5.41, 5.74) is 1.35. The van der Waals surface area contributed by atoms with Gasteiger partial charge in [0.1, 0.15) is 0 Å². The number of hydrogen-bond donors (Lipinski definition) is 2. The SMILES string of the molecule is O=C(CCCO)c1ccc2[nH]c(=O)sc2c1. The fourth-order valence-electron chi connectivity index (χ4n) is 1.50. The first-order valence-electron chi connectivity index (χ1n) is 4.97. The van der Waals surface area contributed by atoms with E-state index in [0.717, 1.165) is 21.6 Å². The largest absolute Gasteiger partial charge is 0.396 e. The van der Waals surface area contributed by atoms with E-state index in [1.165, 1.54) is 0 Å². The minimum atomic E-state index is -0.116. The molecule has 0 aliphatic rings. The third-order valence-electron chi connectivity index (χ3n) is 2.30. The monoisotopic (exact) mass is 237 g/mol. The number of carbonyl (C=O) groups excluding carboxylic acids is 1. The highest BCUT2D eigenvalue weighted by Gasteiger charge is 2.07. The summed E-state index contributed by atoms with van der Waals surface area (Å²) in [6, 6.07) is 5.15. The van der Waals surface area contributed by atoms with Crippen molar-refractivity contribution >= 4 is 27.3 Å². The average molecular weight is 237 g/mol. The van der Waals surface area contributed by atoms with Crippen molar-refractivity contribution in [2.75, 3.05) is 6.61 Å². The summed E-state index contributed by atoms with van der Waals surface area (Å²) in [5.74, 6) is -0.00296. The first-order valence-corrected chi connectivity index (χ1v) is 5.79. The lowest BCUT2D eigenvalue weighted by molar-refractivity contribution is 0.0971. The minimum absolute atomic E-state index is 0.00296. The zero-order valence-corrected chi connectivity index (χ0v) is 9.34. The van der Waals surface area contributed by atoms with Gasteiger partial charge >= 0.3 is 4.87 Å². The van der Waals surface area contributed by atoms with E-state index in [2.05, 4.69) is 4.98 Å². The van der Waals surface area contributed by atoms with Gasteiger partial charge in [0.05, 0.1) is 10.2 Å². The molecule has 84 valence electrons. The number of nitrogens with one attached hydrogen (secondary N) is 1. The van der Waals surface area contributed by atoms with Crippen LogP contribution in [-0.4, -0.2) is 22.5 Å². The number of aliphatic hydroxyl groups is 1. The fraction of sp³-hybridized carbons (Fsp3) is 0.273. The van der Waals surface area contributed by atoms with Gasteiger partial charge in [0, 0.05) is 18.6 Å². The number of ketones is 1. The van der Waals surface area contributed by atoms with Crippen LogP contribution >= 0.6 is 11.3 Å². The predicted octanol–water partition coefficient (Wildman–Crippen LogP) is 1.54. The molecule has 1 heterocycles. The Bertz CT molecular complexity index is 570. The van der Waals surface area contributed by atoms with E-state index in [0.29, 0.717) is 18.4 Å². The van der Waals surface area contributed by atoms with Crippen LogP contribution in [-0.2, 0) is 0 Å². The molecule has 0 saturated carbocycles. The van der Waals surface area contributed by atoms with Gasteiger partial charge in [-0.2, -0.15) is 0 Å². The molecule has 0 radical (unpaired) electrons. The second-order valence-corrected chi connectivity index (χ2v) is 4.49. The van der Waals surface area contributed by atoms with Crippen molar-refractivity contribution in [1.82, 2.24) is 4.98 Å². The van der Waals surface area contributed by atoms with Crippen LogP contribution in [0.3, 0.4) is 0 Å². The molecule has 2 rings (SSSR count). The molecule has 0 spiro atoms. The molecule has 16 heavy (non-hydrogen) atoms. The summed E-state index contributed by atoms with van der Waals surface area (Å²) in [7, 11) is 0. The maximum Gasteiger partial charge on any atom is 0.305 e. The number of aromatic amines is 1. The van der Waals surface area contributed by atoms with Gasteiger partial charge < -0.3 is 10.1 Å². The van der Waals surface area contributed by atoms with Crippen LogP contribution in [0.1, 0.15) is 23.2 Å². The Kier molecular flexibility index (Phi) is 3.17. The number of H-pyrrole nitrogens is 1. The smallest absolute Gasteiger partial charge is 0.305 e. The van der Waals surface area contributed by atoms with Gasteiger partial charge in [0.15, 0.2) is 5.78 Å². The normalized spacial score (nSPS) is 10.8. The first kappa shape index (κ1) is 11.0. The van der Waals surface area contributed by atoms with Crippen molar-refractivity contribution in [3.63, 3.8) is 0 Å². The number of aliphatic hydroxyl groups excluding tert-OH is 1. The molecule has 0 amide bonds. The van der Waals surface area contributed by atoms with Crippen LogP contribution in [0.2, 0.25) is 0 Å². The Morgan fingerprint density at radius 1 is 1.44 bits per heavy atom. The van der Waals surface area contributed by atoms with Crippen LogP contribution in [0.4, 0.5) is 0 Å². The molecule has 5 heteroatoms. The average Bonchev–Trinajstić information content (AvgIpc) is 2.64. The third kappa shape index (κ3) is 2.20. The van der Waals surface area contributed by atoms with Crippen molar-refractivity contribution in [3.05, 3.63) is 33.4 Å². The van der Waals surface area contributed by atoms with Crippen LogP contribution in [0.25, 0.3) is 10.2 Å². The van der Waals surface area contributed by atoms with E-state index >= 15 is 0 Å². The third-order valence-corrected chi connectivity index (χ3v) is 3.15. The standard InChI is InChI=1S/C11H11NO3S/c13-5-1-2-9(14)7-3-4-8-10(6-7)16-11(15)12-8/h3-4,6,13H,1-2,5H2,(H,12,15). The summed E-state index contributed by atoms with van der Waals surface area (Å²) in [6.45, 7) is 0.0193. The molecule has 0 aliphatic heterocycles. The maximum atomic E-state index is 11.7. The zero-order valence-electron chi connectivity index (χ0n) is 8.53. The molecule has 0 fully saturated rings. The molecule has 0 atom stereocenters. The number of benzene rings is 1. The number of Topliss-reactive ketones (excluding diaryl/α,β-unsaturated/α-hetero) is 1. The fourth-order valence-corrected chi connectivity index (χ4v) is 2.28. The number of hydrogen-bond acceptors (Lipinski definition) is 4. The second kappa shape index (κ2) is 4.59. The summed E-state index contributed by atoms with van der Waals surface area (Å²) >= 11 is 1.09. The lowest BCUT2D eigenvalue weighted by Gasteiger charge is -1.99. The molecule has 4 nitrogen and oxygen atoms in total. The lowest BCUT2D eigenvalue weighted by atomic mass is 10.1. The Labute approximate surface area is 95.6 Å². The van der Waals surface area contributed by atoms with E-state index in [1.807, 2.05) is 0 Å². The van der Waals surface area contributed by atoms with Gasteiger partial charge in [-0.3, -0.25) is 9.59 Å². The lowest BCUT2D eigenvalue weighted by Crippen LogP contribution is -1.99. The summed E-state index contributed by atoms with van der Waals surface area (Å²) in [5, 5.41) is 8.64. The Morgan fingerprint density at radius 3 is 3.00 bits per heavy atom. The highest BCUT2D eigenvalue weighted by Crippen LogP contribution is 2.17. The van der Waals surface area contributed by atoms with E-state index in [4.69, 9.17) is 5.11 Å². The highest BCUT2D eigenvalue weighted by molar-refractivity contribution is 7.16. The molecular weight excluding hydrogens is 226 g/mol. The van der Waals surface area contributed by atoms with Crippen LogP contribution in [0.15, 0.2) is 23.0 Å². The quantitative estimate of drug-likeness (QED) is 0.792. The van der Waals surface area contributed by atoms with Crippen molar-refractivity contribution in [3.8, 4) is 0 Å². The van der Waals surface area contributed by atoms with Crippen LogP contribution in [0, 0.1) is 0 Å². The Morgan fingerprint density at radius 2 is 2.25 bits per heavy atom. The van der Waals surface area contributed by atoms with Gasteiger partial charge in [0.2, 0.25) is 0 Å². The molecule has 0 aliphatic carbocycles. The summed E-state index contributed by atoms with van der Waals surface area (Å²) in [4.78, 5) is 25.3. The topological polar surface area (TPSA) is 70.2 Å². The second-order valence-electron chi connectivity index (χ2n) is 3.48. The van der Waals surface area contributed by atoms with Crippen molar-refractivity contribution in [1.29, 1.82) is 0 Å². The van der Waals surface area contributed by atoms with Gasteiger partial charge in [-0.1, -0.05) is 11.3 Å². The number of fused-ring (bicyclic) bond motifs is 1. The Hall–Kier alpha value is -1.46. The highest BCUT2D eigenvalue weighted by atomic mass is 32.1. The van der Waals surface area contributed by atoms with E-state index in [9.17, 15) is 9.59 Å². The first-order chi connectivity index (χ1) is 7.70. The molecule has 1 aromatic carbocycles. The Balaban J connectivity index is 2.31. The van der Waals surface area contributed by atoms with E-state index in [1.54, 1.807) is 18.2 Å². The van der Waals surface area contributed by atoms with Crippen molar-refractivity contribution in [2.24, 2.45) is 0 Å². The summed E-state index contributed by atoms with van der Waals surface area (Å²) in [6.07, 6.45) is 0.807. The van der Waals surface area contributed by atoms with Gasteiger partial charge in [-0.05, 0) is 24.6 Å². The predicted molar refractivity (Wildman–Crippen MR) is 63.1 cm³/mol. The molecule has 0 unspecified atom stereocenters. The number of rotatable bonds is 4. The summed E-state index contributed by atoms with van der Waals surface area (Å²) < 4.78 is 0.792. The van der Waals surface area contributed by atoms with Gasteiger partial charge in [0.25, 0.3) is 0 Å². The molecule has 0 saturated heterocycles. The number of carbonyl (C=O) groups is 1. The van der Waals surface area contributed by atoms with Gasteiger partial charge in [-0.25, -0.2) is 0 Å². The maximum absolute atomic E-state index is 11.7. The van der Waals surface area contributed by atoms with Gasteiger partial charge in [-0.15, -0.1) is 0 Å². The molecule has 0 bridgehead atoms. The van der Waals surface area contributed by atoms with E-state index in [-0.39, 0.29) is 17.3 Å². The molecule has 2 N–H and O–H groups in total. The van der Waals surface area contributed by atoms with E-state index < -0.39 is 0 Å². The zero-order chi connectivity index (χ0) is 11.5. The van der Waals surface area contributed by atoms with Crippen molar-refractivity contribution < 1.29 is 9.90 Å². The van der Waals surface area contributed by atoms with Crippen LogP contribution in [0.5, 0.6) is 0 Å². The van der Waals surface area contributed by atoms with Crippen LogP contribution < -0.4 is 4.87 Å². The number of thiazole rings is 1. The molecular formula is C11H11NO3S. The molecule has 1 aromatic heterocycles. The number of aromatic nitrogens is 1. The van der Waals surface area contributed by atoms with Crippen molar-refractivity contribution in [2.45, 2.75) is 12.8 Å². The minimum Gasteiger partial charge on any atom is -0.396 e.